The van der Waals surface area contributed by atoms with E-state index in [0.717, 1.165) is 22.4 Å². The number of carbonyl (C=O) groups is 1. The SMILES string of the molecule is CCc1ccc(-n2c(=O)/c(=C\c3ccc(SC)cc3)s/c2=C(/C#N)C(=O)N2CCOCC2)cc1. The second-order valence-electron chi connectivity index (χ2n) is 7.74. The molecular weight excluding hydrogens is 466 g/mol. The Morgan fingerprint density at radius 1 is 1.15 bits per heavy atom. The Bertz CT molecular complexity index is 1390. The minimum absolute atomic E-state index is 0.0269. The molecule has 0 radical (unpaired) electrons. The lowest BCUT2D eigenvalue weighted by Crippen LogP contribution is -2.42. The largest absolute Gasteiger partial charge is 0.378 e. The summed E-state index contributed by atoms with van der Waals surface area (Å²) in [7, 11) is 0. The predicted octanol–water partition coefficient (Wildman–Crippen LogP) is 2.55. The van der Waals surface area contributed by atoms with Crippen LogP contribution in [0.1, 0.15) is 18.1 Å². The van der Waals surface area contributed by atoms with Gasteiger partial charge in [0.1, 0.15) is 10.7 Å². The predicted molar refractivity (Wildman–Crippen MR) is 137 cm³/mol. The van der Waals surface area contributed by atoms with Crippen molar-refractivity contribution in [2.75, 3.05) is 32.6 Å². The minimum atomic E-state index is -0.373. The lowest BCUT2D eigenvalue weighted by atomic mass is 10.1. The average molecular weight is 492 g/mol. The molecule has 1 aromatic heterocycles. The summed E-state index contributed by atoms with van der Waals surface area (Å²) in [5, 5.41) is 9.99. The van der Waals surface area contributed by atoms with Gasteiger partial charge in [0.05, 0.1) is 23.4 Å². The minimum Gasteiger partial charge on any atom is -0.378 e. The first kappa shape index (κ1) is 24.0. The van der Waals surface area contributed by atoms with Crippen LogP contribution < -0.4 is 14.8 Å². The second-order valence-corrected chi connectivity index (χ2v) is 9.65. The normalized spacial score (nSPS) is 15.2. The monoisotopic (exact) mass is 491 g/mol. The van der Waals surface area contributed by atoms with Crippen molar-refractivity contribution in [3.05, 3.63) is 79.2 Å². The van der Waals surface area contributed by atoms with E-state index >= 15 is 0 Å². The fraction of sp³-hybridized carbons (Fsp3) is 0.269. The molecule has 1 fully saturated rings. The highest BCUT2D eigenvalue weighted by Crippen LogP contribution is 2.15. The third-order valence-electron chi connectivity index (χ3n) is 5.68. The molecule has 174 valence electrons. The van der Waals surface area contributed by atoms with Crippen LogP contribution in [0.5, 0.6) is 0 Å². The first-order valence-electron chi connectivity index (χ1n) is 11.0. The van der Waals surface area contributed by atoms with Crippen LogP contribution in [0.15, 0.2) is 58.2 Å². The van der Waals surface area contributed by atoms with E-state index in [-0.39, 0.29) is 17.0 Å². The Hall–Kier alpha value is -3.12. The standard InChI is InChI=1S/C26H25N3O3S2/c1-3-18-4-8-20(9-5-18)29-25(31)23(16-19-6-10-21(33-2)11-7-19)34-26(29)22(17-27)24(30)28-12-14-32-15-13-28/h4-11,16H,3,12-15H2,1-2H3/b23-16+,26-22-. The van der Waals surface area contributed by atoms with Gasteiger partial charge in [-0.25, -0.2) is 0 Å². The highest BCUT2D eigenvalue weighted by Gasteiger charge is 2.24. The summed E-state index contributed by atoms with van der Waals surface area (Å²) in [5.41, 5.74) is 2.38. The molecule has 0 saturated carbocycles. The van der Waals surface area contributed by atoms with Gasteiger partial charge in [0.2, 0.25) is 0 Å². The van der Waals surface area contributed by atoms with Gasteiger partial charge in [0.25, 0.3) is 11.5 Å². The number of benzene rings is 2. The van der Waals surface area contributed by atoms with Crippen molar-refractivity contribution in [2.45, 2.75) is 18.2 Å². The number of nitrogens with zero attached hydrogens (tertiary/aromatic N) is 3. The molecular formula is C26H25N3O3S2. The summed E-state index contributed by atoms with van der Waals surface area (Å²) in [4.78, 5) is 29.6. The molecule has 0 atom stereocenters. The molecule has 4 rings (SSSR count). The van der Waals surface area contributed by atoms with Crippen LogP contribution in [0.3, 0.4) is 0 Å². The first-order valence-corrected chi connectivity index (χ1v) is 13.1. The second kappa shape index (κ2) is 10.9. The summed E-state index contributed by atoms with van der Waals surface area (Å²) >= 11 is 2.82. The number of ether oxygens (including phenoxy) is 1. The van der Waals surface area contributed by atoms with Gasteiger partial charge in [-0.15, -0.1) is 23.1 Å². The summed E-state index contributed by atoms with van der Waals surface area (Å²) in [6.07, 6.45) is 4.70. The van der Waals surface area contributed by atoms with Crippen LogP contribution in [-0.4, -0.2) is 47.9 Å². The zero-order valence-electron chi connectivity index (χ0n) is 19.1. The molecule has 8 heteroatoms. The summed E-state index contributed by atoms with van der Waals surface area (Å²) in [5.74, 6) is -0.373. The van der Waals surface area contributed by atoms with Crippen molar-refractivity contribution in [1.29, 1.82) is 5.26 Å². The molecule has 0 unspecified atom stereocenters. The zero-order chi connectivity index (χ0) is 24.1. The molecule has 1 aliphatic heterocycles. The van der Waals surface area contributed by atoms with Crippen LogP contribution in [0.4, 0.5) is 0 Å². The number of rotatable bonds is 5. The molecule has 0 spiro atoms. The number of hydrogen-bond donors (Lipinski definition) is 0. The summed E-state index contributed by atoms with van der Waals surface area (Å²) in [6, 6.07) is 17.7. The van der Waals surface area contributed by atoms with E-state index in [2.05, 4.69) is 13.0 Å². The molecule has 34 heavy (non-hydrogen) atoms. The number of hydrogen-bond acceptors (Lipinski definition) is 6. The quantitative estimate of drug-likeness (QED) is 0.513. The van der Waals surface area contributed by atoms with Crippen LogP contribution in [-0.2, 0) is 16.0 Å². The van der Waals surface area contributed by atoms with Crippen LogP contribution in [0.25, 0.3) is 17.3 Å². The maximum Gasteiger partial charge on any atom is 0.273 e. The Balaban J connectivity index is 1.94. The zero-order valence-corrected chi connectivity index (χ0v) is 20.7. The van der Waals surface area contributed by atoms with Crippen molar-refractivity contribution in [3.8, 4) is 11.8 Å². The Labute approximate surface area is 206 Å². The number of thioether (sulfide) groups is 1. The number of nitriles is 1. The van der Waals surface area contributed by atoms with Crippen LogP contribution in [0.2, 0.25) is 0 Å². The van der Waals surface area contributed by atoms with Gasteiger partial charge in [-0.2, -0.15) is 5.26 Å². The van der Waals surface area contributed by atoms with Gasteiger partial charge in [0, 0.05) is 18.0 Å². The Morgan fingerprint density at radius 2 is 1.82 bits per heavy atom. The lowest BCUT2D eigenvalue weighted by molar-refractivity contribution is -0.128. The number of aryl methyl sites for hydroxylation is 1. The van der Waals surface area contributed by atoms with Crippen LogP contribution >= 0.6 is 23.1 Å². The van der Waals surface area contributed by atoms with E-state index in [1.165, 1.54) is 15.9 Å². The van der Waals surface area contributed by atoms with E-state index in [1.807, 2.05) is 60.9 Å². The topological polar surface area (TPSA) is 75.3 Å². The summed E-state index contributed by atoms with van der Waals surface area (Å²) in [6.45, 7) is 3.78. The molecule has 3 aromatic rings. The third kappa shape index (κ3) is 5.02. The lowest BCUT2D eigenvalue weighted by Gasteiger charge is -2.26. The molecule has 1 saturated heterocycles. The van der Waals surface area contributed by atoms with Crippen molar-refractivity contribution >= 4 is 40.7 Å². The van der Waals surface area contributed by atoms with Crippen molar-refractivity contribution in [3.63, 3.8) is 0 Å². The van der Waals surface area contributed by atoms with Crippen LogP contribution in [0, 0.1) is 11.3 Å². The third-order valence-corrected chi connectivity index (χ3v) is 7.51. The Morgan fingerprint density at radius 3 is 2.41 bits per heavy atom. The molecule has 0 N–H and O–H groups in total. The van der Waals surface area contributed by atoms with E-state index in [9.17, 15) is 14.9 Å². The molecule has 6 nitrogen and oxygen atoms in total. The van der Waals surface area contributed by atoms with Crippen molar-refractivity contribution in [1.82, 2.24) is 9.47 Å². The maximum atomic E-state index is 13.6. The number of morpholine rings is 1. The number of amides is 1. The first-order chi connectivity index (χ1) is 16.5. The molecule has 1 amide bonds. The van der Waals surface area contributed by atoms with E-state index in [4.69, 9.17) is 4.74 Å². The summed E-state index contributed by atoms with van der Waals surface area (Å²) < 4.78 is 7.65. The molecule has 0 aliphatic carbocycles. The highest BCUT2D eigenvalue weighted by atomic mass is 32.2. The van der Waals surface area contributed by atoms with Gasteiger partial charge >= 0.3 is 0 Å². The number of carbonyl (C=O) groups excluding carboxylic acids is 1. The fourth-order valence-electron chi connectivity index (χ4n) is 3.73. The molecule has 1 aliphatic rings. The number of aromatic nitrogens is 1. The van der Waals surface area contributed by atoms with E-state index in [0.29, 0.717) is 41.2 Å². The highest BCUT2D eigenvalue weighted by molar-refractivity contribution is 7.98. The van der Waals surface area contributed by atoms with Gasteiger partial charge in [-0.05, 0) is 54.1 Å². The fourth-order valence-corrected chi connectivity index (χ4v) is 5.23. The van der Waals surface area contributed by atoms with Gasteiger partial charge < -0.3 is 9.64 Å². The smallest absolute Gasteiger partial charge is 0.273 e. The molecule has 0 bridgehead atoms. The van der Waals surface area contributed by atoms with Gasteiger partial charge in [-0.1, -0.05) is 31.2 Å². The van der Waals surface area contributed by atoms with Crippen molar-refractivity contribution < 1.29 is 9.53 Å². The number of thiazole rings is 1. The van der Waals surface area contributed by atoms with Gasteiger partial charge in [-0.3, -0.25) is 14.2 Å². The van der Waals surface area contributed by atoms with E-state index < -0.39 is 0 Å². The van der Waals surface area contributed by atoms with Crippen molar-refractivity contribution in [2.24, 2.45) is 0 Å². The molecule has 2 heterocycles. The molecule has 2 aromatic carbocycles. The Kier molecular flexibility index (Phi) is 7.68. The van der Waals surface area contributed by atoms with E-state index in [1.54, 1.807) is 16.7 Å². The average Bonchev–Trinajstić information content (AvgIpc) is 3.20. The van der Waals surface area contributed by atoms with Gasteiger partial charge in [0.15, 0.2) is 5.57 Å². The maximum absolute atomic E-state index is 13.6.